The first-order valence-corrected chi connectivity index (χ1v) is 9.30. The standard InChI is InChI=1S/C21H17BrN2O3/c1-3-10-24-20(25)17(13(2)18(12-23)21(24)26)11-16-8-9-19(27-16)14-4-6-15(22)7-5-14/h4-9,11H,3,10H2,1-2H3/b17-11+. The topological polar surface area (TPSA) is 74.3 Å². The van der Waals surface area contributed by atoms with Crippen molar-refractivity contribution < 1.29 is 14.0 Å². The molecule has 136 valence electrons. The molecule has 2 heterocycles. The molecule has 1 aliphatic heterocycles. The van der Waals surface area contributed by atoms with Crippen molar-refractivity contribution in [3.05, 3.63) is 63.4 Å². The van der Waals surface area contributed by atoms with Crippen LogP contribution in [-0.2, 0) is 9.59 Å². The number of hydrogen-bond donors (Lipinski definition) is 0. The number of carbonyl (C=O) groups excluding carboxylic acids is 2. The zero-order valence-corrected chi connectivity index (χ0v) is 16.5. The average Bonchev–Trinajstić information content (AvgIpc) is 3.12. The fourth-order valence-electron chi connectivity index (χ4n) is 2.90. The van der Waals surface area contributed by atoms with Crippen LogP contribution in [0.3, 0.4) is 0 Å². The van der Waals surface area contributed by atoms with E-state index in [1.165, 1.54) is 0 Å². The molecule has 0 saturated heterocycles. The van der Waals surface area contributed by atoms with Crippen LogP contribution in [-0.4, -0.2) is 23.3 Å². The van der Waals surface area contributed by atoms with Crippen LogP contribution in [0.4, 0.5) is 0 Å². The van der Waals surface area contributed by atoms with Gasteiger partial charge in [0.05, 0.1) is 0 Å². The molecule has 0 unspecified atom stereocenters. The second-order valence-electron chi connectivity index (χ2n) is 6.14. The van der Waals surface area contributed by atoms with Crippen LogP contribution in [0.2, 0.25) is 0 Å². The van der Waals surface area contributed by atoms with Crippen molar-refractivity contribution >= 4 is 33.8 Å². The Morgan fingerprint density at radius 2 is 1.85 bits per heavy atom. The largest absolute Gasteiger partial charge is 0.457 e. The fourth-order valence-corrected chi connectivity index (χ4v) is 3.16. The maximum Gasteiger partial charge on any atom is 0.271 e. The Morgan fingerprint density at radius 3 is 2.48 bits per heavy atom. The SMILES string of the molecule is CCCN1C(=O)C(C#N)=C(C)/C(=C\c2ccc(-c3ccc(Br)cc3)o2)C1=O. The molecule has 0 fully saturated rings. The van der Waals surface area contributed by atoms with Gasteiger partial charge in [-0.2, -0.15) is 5.26 Å². The summed E-state index contributed by atoms with van der Waals surface area (Å²) in [5.74, 6) is 0.217. The molecule has 0 aliphatic carbocycles. The third-order valence-corrected chi connectivity index (χ3v) is 4.84. The van der Waals surface area contributed by atoms with E-state index in [1.54, 1.807) is 19.1 Å². The Hall–Kier alpha value is -2.91. The van der Waals surface area contributed by atoms with E-state index in [0.717, 1.165) is 14.9 Å². The first kappa shape index (κ1) is 18.9. The van der Waals surface area contributed by atoms with Crippen LogP contribution in [0.5, 0.6) is 0 Å². The molecule has 6 heteroatoms. The summed E-state index contributed by atoms with van der Waals surface area (Å²) >= 11 is 3.40. The van der Waals surface area contributed by atoms with Gasteiger partial charge in [0.15, 0.2) is 0 Å². The first-order chi connectivity index (χ1) is 13.0. The first-order valence-electron chi connectivity index (χ1n) is 8.51. The molecule has 1 aliphatic rings. The molecule has 0 spiro atoms. The summed E-state index contributed by atoms with van der Waals surface area (Å²) in [6, 6.07) is 13.2. The zero-order valence-electron chi connectivity index (χ0n) is 15.0. The van der Waals surface area contributed by atoms with Crippen LogP contribution in [0.1, 0.15) is 26.0 Å². The second-order valence-corrected chi connectivity index (χ2v) is 7.06. The Kier molecular flexibility index (Phi) is 5.43. The van der Waals surface area contributed by atoms with Crippen LogP contribution in [0, 0.1) is 11.3 Å². The highest BCUT2D eigenvalue weighted by Crippen LogP contribution is 2.29. The molecule has 5 nitrogen and oxygen atoms in total. The lowest BCUT2D eigenvalue weighted by atomic mass is 9.94. The van der Waals surface area contributed by atoms with Crippen LogP contribution >= 0.6 is 15.9 Å². The molecule has 0 radical (unpaired) electrons. The molecule has 0 atom stereocenters. The molecule has 0 N–H and O–H groups in total. The molecule has 0 bridgehead atoms. The number of nitrogens with zero attached hydrogens (tertiary/aromatic N) is 2. The Balaban J connectivity index is 2.01. The number of hydrogen-bond acceptors (Lipinski definition) is 4. The molecule has 2 aromatic rings. The predicted octanol–water partition coefficient (Wildman–Crippen LogP) is 4.71. The molecule has 0 saturated carbocycles. The summed E-state index contributed by atoms with van der Waals surface area (Å²) in [6.07, 6.45) is 2.21. The van der Waals surface area contributed by atoms with E-state index >= 15 is 0 Å². The molecule has 1 aromatic heterocycles. The number of carbonyl (C=O) groups is 2. The van der Waals surface area contributed by atoms with Gasteiger partial charge in [-0.25, -0.2) is 0 Å². The minimum Gasteiger partial charge on any atom is -0.457 e. The van der Waals surface area contributed by atoms with Gasteiger partial charge >= 0.3 is 0 Å². The summed E-state index contributed by atoms with van der Waals surface area (Å²) in [5, 5.41) is 9.34. The monoisotopic (exact) mass is 424 g/mol. The van der Waals surface area contributed by atoms with Gasteiger partial charge in [-0.3, -0.25) is 14.5 Å². The van der Waals surface area contributed by atoms with E-state index in [2.05, 4.69) is 15.9 Å². The van der Waals surface area contributed by atoms with E-state index in [0.29, 0.717) is 29.1 Å². The Labute approximate surface area is 165 Å². The van der Waals surface area contributed by atoms with Crippen LogP contribution < -0.4 is 0 Å². The maximum atomic E-state index is 12.8. The van der Waals surface area contributed by atoms with E-state index < -0.39 is 11.8 Å². The van der Waals surface area contributed by atoms with Gasteiger partial charge in [0, 0.05) is 22.2 Å². The van der Waals surface area contributed by atoms with Gasteiger partial charge in [-0.15, -0.1) is 0 Å². The summed E-state index contributed by atoms with van der Waals surface area (Å²) in [6.45, 7) is 3.76. The molecule has 1 aromatic carbocycles. The quantitative estimate of drug-likeness (QED) is 0.525. The summed E-state index contributed by atoms with van der Waals surface area (Å²) in [7, 11) is 0. The minimum atomic E-state index is -0.533. The van der Waals surface area contributed by atoms with Gasteiger partial charge in [-0.05, 0) is 49.3 Å². The smallest absolute Gasteiger partial charge is 0.271 e. The zero-order chi connectivity index (χ0) is 19.6. The van der Waals surface area contributed by atoms with Crippen molar-refractivity contribution in [2.75, 3.05) is 6.54 Å². The third kappa shape index (κ3) is 3.64. The maximum absolute atomic E-state index is 12.8. The highest BCUT2D eigenvalue weighted by atomic mass is 79.9. The highest BCUT2D eigenvalue weighted by Gasteiger charge is 2.34. The number of furan rings is 1. The summed E-state index contributed by atoms with van der Waals surface area (Å²) in [4.78, 5) is 26.2. The van der Waals surface area contributed by atoms with Gasteiger partial charge in [-0.1, -0.05) is 35.0 Å². The van der Waals surface area contributed by atoms with E-state index in [4.69, 9.17) is 4.42 Å². The molecular weight excluding hydrogens is 408 g/mol. The number of halogens is 1. The Morgan fingerprint density at radius 1 is 1.15 bits per heavy atom. The van der Waals surface area contributed by atoms with Crippen molar-refractivity contribution in [3.63, 3.8) is 0 Å². The lowest BCUT2D eigenvalue weighted by Gasteiger charge is -2.26. The summed E-state index contributed by atoms with van der Waals surface area (Å²) < 4.78 is 6.82. The number of nitriles is 1. The minimum absolute atomic E-state index is 0.00557. The number of amides is 2. The Bertz CT molecular complexity index is 1010. The normalized spacial score (nSPS) is 16.2. The van der Waals surface area contributed by atoms with Crippen molar-refractivity contribution in [1.82, 2.24) is 4.90 Å². The highest BCUT2D eigenvalue weighted by molar-refractivity contribution is 9.10. The molecule has 3 rings (SSSR count). The van der Waals surface area contributed by atoms with Crippen molar-refractivity contribution in [2.24, 2.45) is 0 Å². The molecule has 2 amide bonds. The van der Waals surface area contributed by atoms with E-state index in [1.807, 2.05) is 43.3 Å². The average molecular weight is 425 g/mol. The lowest BCUT2D eigenvalue weighted by molar-refractivity contribution is -0.140. The van der Waals surface area contributed by atoms with Gasteiger partial charge in [0.1, 0.15) is 23.2 Å². The van der Waals surface area contributed by atoms with Gasteiger partial charge in [0.2, 0.25) is 0 Å². The van der Waals surface area contributed by atoms with Crippen molar-refractivity contribution in [1.29, 1.82) is 5.26 Å². The van der Waals surface area contributed by atoms with Gasteiger partial charge in [0.25, 0.3) is 11.8 Å². The third-order valence-electron chi connectivity index (χ3n) is 4.31. The molecular formula is C21H17BrN2O3. The number of imide groups is 1. The van der Waals surface area contributed by atoms with E-state index in [-0.39, 0.29) is 12.1 Å². The van der Waals surface area contributed by atoms with Crippen LogP contribution in [0.15, 0.2) is 62.0 Å². The number of benzene rings is 1. The number of rotatable bonds is 4. The van der Waals surface area contributed by atoms with E-state index in [9.17, 15) is 14.9 Å². The van der Waals surface area contributed by atoms with Crippen LogP contribution in [0.25, 0.3) is 17.4 Å². The van der Waals surface area contributed by atoms with Crippen molar-refractivity contribution in [3.8, 4) is 17.4 Å². The summed E-state index contributed by atoms with van der Waals surface area (Å²) in [5.41, 5.74) is 1.58. The fraction of sp³-hybridized carbons (Fsp3) is 0.190. The lowest BCUT2D eigenvalue weighted by Crippen LogP contribution is -2.43. The molecule has 27 heavy (non-hydrogen) atoms. The second kappa shape index (κ2) is 7.77. The predicted molar refractivity (Wildman–Crippen MR) is 105 cm³/mol. The van der Waals surface area contributed by atoms with Crippen molar-refractivity contribution in [2.45, 2.75) is 20.3 Å². The van der Waals surface area contributed by atoms with Gasteiger partial charge < -0.3 is 4.42 Å².